The molecule has 0 amide bonds. The van der Waals surface area contributed by atoms with Gasteiger partial charge in [0.25, 0.3) is 0 Å². The summed E-state index contributed by atoms with van der Waals surface area (Å²) in [6, 6.07) is 12.3. The monoisotopic (exact) mass is 367 g/mol. The third kappa shape index (κ3) is 4.25. The van der Waals surface area contributed by atoms with Gasteiger partial charge in [-0.25, -0.2) is 9.18 Å². The number of pyridine rings is 1. The fourth-order valence-corrected chi connectivity index (χ4v) is 2.99. The first kappa shape index (κ1) is 18.8. The average molecular weight is 367 g/mol. The summed E-state index contributed by atoms with van der Waals surface area (Å²) >= 11 is 0. The van der Waals surface area contributed by atoms with E-state index in [0.717, 1.165) is 12.8 Å². The Morgan fingerprint density at radius 3 is 2.59 bits per heavy atom. The van der Waals surface area contributed by atoms with Gasteiger partial charge < -0.3 is 9.72 Å². The summed E-state index contributed by atoms with van der Waals surface area (Å²) < 4.78 is 18.8. The van der Waals surface area contributed by atoms with Gasteiger partial charge in [-0.05, 0) is 36.2 Å². The predicted octanol–water partition coefficient (Wildman–Crippen LogP) is 4.93. The number of esters is 1. The van der Waals surface area contributed by atoms with E-state index in [4.69, 9.17) is 4.74 Å². The molecule has 27 heavy (non-hydrogen) atoms. The SMILES string of the molecule is CCC(CC)COC(=O)c1ccc2[nH]c(-c3cccc(F)c3)cc(=O)c2c1. The van der Waals surface area contributed by atoms with Gasteiger partial charge in [-0.3, -0.25) is 4.79 Å². The maximum absolute atomic E-state index is 13.4. The highest BCUT2D eigenvalue weighted by Gasteiger charge is 2.13. The Hall–Kier alpha value is -2.95. The minimum atomic E-state index is -0.433. The van der Waals surface area contributed by atoms with Crippen molar-refractivity contribution in [1.82, 2.24) is 4.98 Å². The predicted molar refractivity (Wildman–Crippen MR) is 104 cm³/mol. The lowest BCUT2D eigenvalue weighted by atomic mass is 10.1. The van der Waals surface area contributed by atoms with Crippen LogP contribution in [0.5, 0.6) is 0 Å². The third-order valence-corrected chi connectivity index (χ3v) is 4.81. The minimum Gasteiger partial charge on any atom is -0.462 e. The summed E-state index contributed by atoms with van der Waals surface area (Å²) in [5.74, 6) is -0.465. The van der Waals surface area contributed by atoms with Crippen LogP contribution in [0.2, 0.25) is 0 Å². The number of hydrogen-bond acceptors (Lipinski definition) is 3. The largest absolute Gasteiger partial charge is 0.462 e. The Kier molecular flexibility index (Phi) is 5.69. The van der Waals surface area contributed by atoms with Crippen LogP contribution >= 0.6 is 0 Å². The molecule has 0 saturated heterocycles. The zero-order valence-corrected chi connectivity index (χ0v) is 15.4. The second-order valence-electron chi connectivity index (χ2n) is 6.60. The molecule has 1 N–H and O–H groups in total. The van der Waals surface area contributed by atoms with Crippen molar-refractivity contribution in [2.24, 2.45) is 5.92 Å². The molecule has 0 spiro atoms. The molecule has 1 heterocycles. The van der Waals surface area contributed by atoms with Crippen LogP contribution in [-0.2, 0) is 4.74 Å². The molecule has 0 aliphatic heterocycles. The number of H-pyrrole nitrogens is 1. The summed E-state index contributed by atoms with van der Waals surface area (Å²) in [4.78, 5) is 27.9. The lowest BCUT2D eigenvalue weighted by molar-refractivity contribution is 0.0433. The van der Waals surface area contributed by atoms with Crippen molar-refractivity contribution in [3.05, 3.63) is 70.1 Å². The van der Waals surface area contributed by atoms with Crippen molar-refractivity contribution in [3.63, 3.8) is 0 Å². The van der Waals surface area contributed by atoms with E-state index in [0.29, 0.717) is 40.2 Å². The molecule has 4 nitrogen and oxygen atoms in total. The number of ether oxygens (including phenoxy) is 1. The van der Waals surface area contributed by atoms with E-state index >= 15 is 0 Å². The maximum atomic E-state index is 13.4. The first-order chi connectivity index (χ1) is 13.0. The summed E-state index contributed by atoms with van der Waals surface area (Å²) in [5.41, 5.74) is 1.80. The summed E-state index contributed by atoms with van der Waals surface area (Å²) in [6.45, 7) is 4.50. The lowest BCUT2D eigenvalue weighted by Crippen LogP contribution is -2.14. The molecule has 0 aliphatic carbocycles. The van der Waals surface area contributed by atoms with Crippen LogP contribution < -0.4 is 5.43 Å². The van der Waals surface area contributed by atoms with Gasteiger partial charge >= 0.3 is 5.97 Å². The molecule has 0 radical (unpaired) electrons. The number of aromatic amines is 1. The lowest BCUT2D eigenvalue weighted by Gasteiger charge is -2.13. The summed E-state index contributed by atoms with van der Waals surface area (Å²) in [5, 5.41) is 0.395. The van der Waals surface area contributed by atoms with Gasteiger partial charge in [0.2, 0.25) is 0 Å². The Balaban J connectivity index is 1.90. The van der Waals surface area contributed by atoms with Crippen LogP contribution in [0.15, 0.2) is 53.3 Å². The number of carbonyl (C=O) groups excluding carboxylic acids is 1. The molecular weight excluding hydrogens is 345 g/mol. The minimum absolute atomic E-state index is 0.238. The number of nitrogens with one attached hydrogen (secondary N) is 1. The zero-order chi connectivity index (χ0) is 19.4. The van der Waals surface area contributed by atoms with Crippen molar-refractivity contribution >= 4 is 16.9 Å². The Morgan fingerprint density at radius 2 is 1.89 bits per heavy atom. The number of hydrogen-bond donors (Lipinski definition) is 1. The second-order valence-corrected chi connectivity index (χ2v) is 6.60. The van der Waals surface area contributed by atoms with Gasteiger partial charge in [-0.2, -0.15) is 0 Å². The van der Waals surface area contributed by atoms with E-state index in [-0.39, 0.29) is 11.2 Å². The molecule has 0 atom stereocenters. The van der Waals surface area contributed by atoms with Gasteiger partial charge in [0, 0.05) is 28.2 Å². The Labute approximate surface area is 157 Å². The number of benzene rings is 2. The molecule has 0 aliphatic rings. The van der Waals surface area contributed by atoms with E-state index in [2.05, 4.69) is 18.8 Å². The Morgan fingerprint density at radius 1 is 1.11 bits per heavy atom. The number of fused-ring (bicyclic) bond motifs is 1. The zero-order valence-electron chi connectivity index (χ0n) is 15.4. The van der Waals surface area contributed by atoms with E-state index in [1.54, 1.807) is 30.3 Å². The highest BCUT2D eigenvalue weighted by atomic mass is 19.1. The van der Waals surface area contributed by atoms with Crippen LogP contribution in [-0.4, -0.2) is 17.6 Å². The van der Waals surface area contributed by atoms with Crippen molar-refractivity contribution < 1.29 is 13.9 Å². The molecule has 3 aromatic rings. The molecule has 1 aromatic heterocycles. The smallest absolute Gasteiger partial charge is 0.338 e. The number of carbonyl (C=O) groups is 1. The number of rotatable bonds is 6. The molecule has 3 rings (SSSR count). The molecule has 0 unspecified atom stereocenters. The van der Waals surface area contributed by atoms with Crippen molar-refractivity contribution in [2.45, 2.75) is 26.7 Å². The van der Waals surface area contributed by atoms with Crippen LogP contribution in [0, 0.1) is 11.7 Å². The first-order valence-corrected chi connectivity index (χ1v) is 9.12. The van der Waals surface area contributed by atoms with Crippen molar-refractivity contribution in [2.75, 3.05) is 6.61 Å². The molecule has 0 bridgehead atoms. The number of halogens is 1. The van der Waals surface area contributed by atoms with Crippen LogP contribution in [0.3, 0.4) is 0 Å². The standard InChI is InChI=1S/C22H22FNO3/c1-3-14(4-2)13-27-22(26)16-8-9-19-18(11-16)21(25)12-20(24-19)15-6-5-7-17(23)10-15/h5-12,14H,3-4,13H2,1-2H3,(H,24,25). The maximum Gasteiger partial charge on any atom is 0.338 e. The fraction of sp³-hybridized carbons (Fsp3) is 0.273. The van der Waals surface area contributed by atoms with E-state index < -0.39 is 5.97 Å². The molecule has 2 aromatic carbocycles. The highest BCUT2D eigenvalue weighted by molar-refractivity contribution is 5.94. The summed E-state index contributed by atoms with van der Waals surface area (Å²) in [7, 11) is 0. The number of aromatic nitrogens is 1. The van der Waals surface area contributed by atoms with E-state index in [9.17, 15) is 14.0 Å². The fourth-order valence-electron chi connectivity index (χ4n) is 2.99. The molecule has 0 fully saturated rings. The third-order valence-electron chi connectivity index (χ3n) is 4.81. The molecular formula is C22H22FNO3. The Bertz CT molecular complexity index is 1020. The van der Waals surface area contributed by atoms with Gasteiger partial charge in [0.15, 0.2) is 5.43 Å². The van der Waals surface area contributed by atoms with Crippen molar-refractivity contribution in [1.29, 1.82) is 0 Å². The topological polar surface area (TPSA) is 59.2 Å². The molecule has 5 heteroatoms. The van der Waals surface area contributed by atoms with Gasteiger partial charge in [0.1, 0.15) is 5.82 Å². The normalized spacial score (nSPS) is 11.1. The molecule has 140 valence electrons. The van der Waals surface area contributed by atoms with Gasteiger partial charge in [0.05, 0.1) is 12.2 Å². The van der Waals surface area contributed by atoms with Gasteiger partial charge in [-0.1, -0.05) is 38.8 Å². The second kappa shape index (κ2) is 8.16. The highest BCUT2D eigenvalue weighted by Crippen LogP contribution is 2.20. The van der Waals surface area contributed by atoms with Crippen LogP contribution in [0.4, 0.5) is 4.39 Å². The van der Waals surface area contributed by atoms with Gasteiger partial charge in [-0.15, -0.1) is 0 Å². The summed E-state index contributed by atoms with van der Waals surface area (Å²) in [6.07, 6.45) is 1.90. The quantitative estimate of drug-likeness (QED) is 0.629. The van der Waals surface area contributed by atoms with Crippen LogP contribution in [0.25, 0.3) is 22.2 Å². The molecule has 0 saturated carbocycles. The van der Waals surface area contributed by atoms with Crippen LogP contribution in [0.1, 0.15) is 37.0 Å². The average Bonchev–Trinajstić information content (AvgIpc) is 2.68. The first-order valence-electron chi connectivity index (χ1n) is 9.12. The van der Waals surface area contributed by atoms with E-state index in [1.165, 1.54) is 18.2 Å². The van der Waals surface area contributed by atoms with Crippen molar-refractivity contribution in [3.8, 4) is 11.3 Å². The van der Waals surface area contributed by atoms with E-state index in [1.807, 2.05) is 0 Å².